The fourth-order valence-corrected chi connectivity index (χ4v) is 3.59. The first kappa shape index (κ1) is 20.5. The molecule has 25 heavy (non-hydrogen) atoms. The van der Waals surface area contributed by atoms with E-state index in [9.17, 15) is 0 Å². The van der Waals surface area contributed by atoms with Gasteiger partial charge in [0.05, 0.1) is 0 Å². The van der Waals surface area contributed by atoms with Crippen LogP contribution in [0.2, 0.25) is 0 Å². The molecule has 0 spiro atoms. The molecular weight excluding hydrogens is 423 g/mol. The minimum Gasteiger partial charge on any atom is -0.356 e. The topological polar surface area (TPSA) is 39.7 Å². The van der Waals surface area contributed by atoms with Gasteiger partial charge in [0.1, 0.15) is 0 Å². The maximum atomic E-state index is 4.37. The summed E-state index contributed by atoms with van der Waals surface area (Å²) < 4.78 is 0. The number of aliphatic imine (C=N–C) groups is 1. The summed E-state index contributed by atoms with van der Waals surface area (Å²) in [6.45, 7) is 7.11. The third kappa shape index (κ3) is 6.44. The Morgan fingerprint density at radius 3 is 2.60 bits per heavy atom. The van der Waals surface area contributed by atoms with E-state index >= 15 is 0 Å². The number of halogens is 1. The molecule has 4 nitrogen and oxygen atoms in total. The first-order chi connectivity index (χ1) is 11.8. The van der Waals surface area contributed by atoms with Gasteiger partial charge in [-0.05, 0) is 56.8 Å². The van der Waals surface area contributed by atoms with E-state index in [1.165, 1.54) is 50.9 Å². The summed E-state index contributed by atoms with van der Waals surface area (Å²) in [5.74, 6) is 2.50. The molecule has 0 radical (unpaired) electrons. The van der Waals surface area contributed by atoms with Gasteiger partial charge in [0.15, 0.2) is 5.96 Å². The van der Waals surface area contributed by atoms with Crippen molar-refractivity contribution in [2.45, 2.75) is 44.6 Å². The number of benzene rings is 1. The summed E-state index contributed by atoms with van der Waals surface area (Å²) in [5, 5.41) is 7.03. The molecule has 5 heteroatoms. The van der Waals surface area contributed by atoms with Crippen LogP contribution in [0.5, 0.6) is 0 Å². The molecule has 1 aromatic carbocycles. The lowest BCUT2D eigenvalue weighted by Gasteiger charge is -2.30. The second-order valence-electron chi connectivity index (χ2n) is 7.38. The van der Waals surface area contributed by atoms with Gasteiger partial charge in [0.2, 0.25) is 0 Å². The van der Waals surface area contributed by atoms with Crippen LogP contribution in [0.3, 0.4) is 0 Å². The first-order valence-electron chi connectivity index (χ1n) is 9.50. The number of likely N-dealkylation sites (tertiary alicyclic amines) is 1. The molecule has 1 saturated carbocycles. The SMILES string of the molecule is CN=C(NCCCN1CCC(C)CC1)NC1CC1c1ccccc1.I. The minimum atomic E-state index is 0. The predicted octanol–water partition coefficient (Wildman–Crippen LogP) is 3.45. The smallest absolute Gasteiger partial charge is 0.191 e. The summed E-state index contributed by atoms with van der Waals surface area (Å²) in [5.41, 5.74) is 1.43. The monoisotopic (exact) mass is 456 g/mol. The number of hydrogen-bond acceptors (Lipinski definition) is 2. The highest BCUT2D eigenvalue weighted by atomic mass is 127. The number of guanidine groups is 1. The normalized spacial score (nSPS) is 24.5. The lowest BCUT2D eigenvalue weighted by atomic mass is 9.99. The predicted molar refractivity (Wildman–Crippen MR) is 117 cm³/mol. The molecule has 1 aliphatic carbocycles. The van der Waals surface area contributed by atoms with Crippen molar-refractivity contribution in [2.75, 3.05) is 33.2 Å². The number of rotatable bonds is 6. The lowest BCUT2D eigenvalue weighted by Crippen LogP contribution is -2.41. The van der Waals surface area contributed by atoms with Gasteiger partial charge in [-0.1, -0.05) is 37.3 Å². The fourth-order valence-electron chi connectivity index (χ4n) is 3.59. The molecule has 0 bridgehead atoms. The van der Waals surface area contributed by atoms with E-state index in [0.717, 1.165) is 18.4 Å². The van der Waals surface area contributed by atoms with Crippen molar-refractivity contribution in [1.82, 2.24) is 15.5 Å². The van der Waals surface area contributed by atoms with Crippen LogP contribution in [0.15, 0.2) is 35.3 Å². The van der Waals surface area contributed by atoms with E-state index in [4.69, 9.17) is 0 Å². The minimum absolute atomic E-state index is 0. The second-order valence-corrected chi connectivity index (χ2v) is 7.38. The molecule has 0 aromatic heterocycles. The maximum absolute atomic E-state index is 4.37. The molecule has 2 unspecified atom stereocenters. The summed E-state index contributed by atoms with van der Waals surface area (Å²) in [4.78, 5) is 6.97. The van der Waals surface area contributed by atoms with Crippen LogP contribution in [-0.4, -0.2) is 50.1 Å². The van der Waals surface area contributed by atoms with Crippen molar-refractivity contribution >= 4 is 29.9 Å². The quantitative estimate of drug-likeness (QED) is 0.298. The number of piperidine rings is 1. The summed E-state index contributed by atoms with van der Waals surface area (Å²) >= 11 is 0. The Balaban J connectivity index is 0.00000225. The molecule has 3 rings (SSSR count). The van der Waals surface area contributed by atoms with Crippen molar-refractivity contribution in [3.63, 3.8) is 0 Å². The zero-order valence-electron chi connectivity index (χ0n) is 15.6. The van der Waals surface area contributed by atoms with Gasteiger partial charge in [0.25, 0.3) is 0 Å². The third-order valence-corrected chi connectivity index (χ3v) is 5.38. The summed E-state index contributed by atoms with van der Waals surface area (Å²) in [7, 11) is 1.86. The largest absolute Gasteiger partial charge is 0.356 e. The van der Waals surface area contributed by atoms with Crippen molar-refractivity contribution < 1.29 is 0 Å². The molecule has 2 N–H and O–H groups in total. The molecule has 1 aliphatic heterocycles. The van der Waals surface area contributed by atoms with Gasteiger partial charge in [-0.3, -0.25) is 4.99 Å². The Kier molecular flexibility index (Phi) is 8.49. The molecule has 1 saturated heterocycles. The van der Waals surface area contributed by atoms with Crippen LogP contribution >= 0.6 is 24.0 Å². The Bertz CT molecular complexity index is 526. The fraction of sp³-hybridized carbons (Fsp3) is 0.650. The van der Waals surface area contributed by atoms with E-state index < -0.39 is 0 Å². The van der Waals surface area contributed by atoms with E-state index in [1.807, 2.05) is 7.05 Å². The molecule has 1 aromatic rings. The Hall–Kier alpha value is -0.820. The Morgan fingerprint density at radius 2 is 1.92 bits per heavy atom. The zero-order valence-corrected chi connectivity index (χ0v) is 17.9. The number of hydrogen-bond donors (Lipinski definition) is 2. The van der Waals surface area contributed by atoms with Crippen LogP contribution in [0, 0.1) is 5.92 Å². The van der Waals surface area contributed by atoms with Crippen molar-refractivity contribution in [2.24, 2.45) is 10.9 Å². The van der Waals surface area contributed by atoms with Crippen LogP contribution < -0.4 is 10.6 Å². The van der Waals surface area contributed by atoms with Gasteiger partial charge in [-0.2, -0.15) is 0 Å². The molecule has 2 aliphatic rings. The summed E-state index contributed by atoms with van der Waals surface area (Å²) in [6.07, 6.45) is 5.11. The highest BCUT2D eigenvalue weighted by Crippen LogP contribution is 2.40. The van der Waals surface area contributed by atoms with E-state index in [-0.39, 0.29) is 24.0 Å². The van der Waals surface area contributed by atoms with Crippen molar-refractivity contribution in [3.05, 3.63) is 35.9 Å². The highest BCUT2D eigenvalue weighted by Gasteiger charge is 2.38. The lowest BCUT2D eigenvalue weighted by molar-refractivity contribution is 0.191. The second kappa shape index (κ2) is 10.4. The highest BCUT2D eigenvalue weighted by molar-refractivity contribution is 14.0. The van der Waals surface area contributed by atoms with Gasteiger partial charge in [-0.25, -0.2) is 0 Å². The zero-order chi connectivity index (χ0) is 16.8. The van der Waals surface area contributed by atoms with Gasteiger partial charge < -0.3 is 15.5 Å². The third-order valence-electron chi connectivity index (χ3n) is 5.38. The van der Waals surface area contributed by atoms with Crippen molar-refractivity contribution in [1.29, 1.82) is 0 Å². The number of nitrogens with one attached hydrogen (secondary N) is 2. The Morgan fingerprint density at radius 1 is 1.20 bits per heavy atom. The molecule has 140 valence electrons. The molecular formula is C20H33IN4. The van der Waals surface area contributed by atoms with E-state index in [1.54, 1.807) is 0 Å². The molecule has 1 heterocycles. The van der Waals surface area contributed by atoms with Crippen LogP contribution in [-0.2, 0) is 0 Å². The van der Waals surface area contributed by atoms with E-state index in [0.29, 0.717) is 12.0 Å². The van der Waals surface area contributed by atoms with Gasteiger partial charge >= 0.3 is 0 Å². The average molecular weight is 456 g/mol. The first-order valence-corrected chi connectivity index (χ1v) is 9.50. The summed E-state index contributed by atoms with van der Waals surface area (Å²) in [6, 6.07) is 11.3. The molecule has 2 atom stereocenters. The van der Waals surface area contributed by atoms with Crippen LogP contribution in [0.4, 0.5) is 0 Å². The maximum Gasteiger partial charge on any atom is 0.191 e. The molecule has 2 fully saturated rings. The van der Waals surface area contributed by atoms with Crippen LogP contribution in [0.25, 0.3) is 0 Å². The van der Waals surface area contributed by atoms with Crippen LogP contribution in [0.1, 0.15) is 44.1 Å². The van der Waals surface area contributed by atoms with E-state index in [2.05, 4.69) is 57.8 Å². The number of nitrogens with zero attached hydrogens (tertiary/aromatic N) is 2. The van der Waals surface area contributed by atoms with Crippen molar-refractivity contribution in [3.8, 4) is 0 Å². The van der Waals surface area contributed by atoms with Gasteiger partial charge in [0, 0.05) is 25.6 Å². The standard InChI is InChI=1S/C20H32N4.HI/c1-16-9-13-24(14-10-16)12-6-11-22-20(21-2)23-19-15-18(19)17-7-4-3-5-8-17;/h3-5,7-8,16,18-19H,6,9-15H2,1-2H3,(H2,21,22,23);1H. The Labute approximate surface area is 169 Å². The average Bonchev–Trinajstić information content (AvgIpc) is 3.39. The molecule has 0 amide bonds. The van der Waals surface area contributed by atoms with Gasteiger partial charge in [-0.15, -0.1) is 24.0 Å².